The van der Waals surface area contributed by atoms with Gasteiger partial charge in [-0.3, -0.25) is 4.31 Å². The van der Waals surface area contributed by atoms with Crippen LogP contribution in [0.1, 0.15) is 57.9 Å². The average molecular weight is 608 g/mol. The lowest BCUT2D eigenvalue weighted by Gasteiger charge is -2.38. The molecule has 3 aromatic rings. The first-order valence-corrected chi connectivity index (χ1v) is 16.3. The van der Waals surface area contributed by atoms with E-state index >= 15 is 0 Å². The maximum absolute atomic E-state index is 12.3. The molecule has 1 fully saturated rings. The van der Waals surface area contributed by atoms with Crippen LogP contribution in [0.3, 0.4) is 0 Å². The van der Waals surface area contributed by atoms with E-state index in [1.807, 2.05) is 32.0 Å². The van der Waals surface area contributed by atoms with Crippen LogP contribution in [0.5, 0.6) is 0 Å². The summed E-state index contributed by atoms with van der Waals surface area (Å²) in [6.07, 6.45) is 5.02. The monoisotopic (exact) mass is 607 g/mol. The molecule has 11 heteroatoms. The first kappa shape index (κ1) is 34.5. The van der Waals surface area contributed by atoms with Crippen molar-refractivity contribution in [2.75, 3.05) is 49.3 Å². The summed E-state index contributed by atoms with van der Waals surface area (Å²) in [5.41, 5.74) is 7.69. The highest BCUT2D eigenvalue weighted by molar-refractivity contribution is 7.92. The number of aryl methyl sites for hydroxylation is 1. The Morgan fingerprint density at radius 3 is 2.32 bits per heavy atom. The van der Waals surface area contributed by atoms with Crippen LogP contribution in [0.25, 0.3) is 11.5 Å². The zero-order valence-corrected chi connectivity index (χ0v) is 27.2. The number of hydrogen-bond donors (Lipinski definition) is 1. The third kappa shape index (κ3) is 9.70. The molecule has 41 heavy (non-hydrogen) atoms. The summed E-state index contributed by atoms with van der Waals surface area (Å²) in [7, 11) is -0.525. The molecule has 2 N–H and O–H groups in total. The largest absolute Gasteiger partial charge is 0.439 e. The molecule has 2 heterocycles. The Balaban J connectivity index is 0.000000561. The number of methoxy groups -OCH3 is 1. The normalized spacial score (nSPS) is 16.8. The Morgan fingerprint density at radius 2 is 1.88 bits per heavy atom. The van der Waals surface area contributed by atoms with Gasteiger partial charge in [-0.2, -0.15) is 0 Å². The fourth-order valence-corrected chi connectivity index (χ4v) is 4.93. The quantitative estimate of drug-likeness (QED) is 0.284. The molecule has 9 nitrogen and oxygen atoms in total. The summed E-state index contributed by atoms with van der Waals surface area (Å²) in [5, 5.41) is 0.142. The van der Waals surface area contributed by atoms with Crippen molar-refractivity contribution in [2.45, 2.75) is 53.5 Å². The lowest BCUT2D eigenvalue weighted by atomic mass is 9.75. The molecule has 3 unspecified atom stereocenters. The maximum atomic E-state index is 12.3. The number of nitrogens with zero attached hydrogens (tertiary/aromatic N) is 4. The summed E-state index contributed by atoms with van der Waals surface area (Å²) < 4.78 is 36.8. The molecule has 1 saturated carbocycles. The third-order valence-corrected chi connectivity index (χ3v) is 8.55. The van der Waals surface area contributed by atoms with Gasteiger partial charge in [-0.1, -0.05) is 74.7 Å². The molecule has 0 amide bonds. The first-order valence-electron chi connectivity index (χ1n) is 14.0. The van der Waals surface area contributed by atoms with Crippen molar-refractivity contribution < 1.29 is 17.6 Å². The number of sulfonamides is 1. The van der Waals surface area contributed by atoms with Crippen LogP contribution in [0.4, 0.5) is 11.6 Å². The molecule has 0 aliphatic heterocycles. The zero-order valence-electron chi connectivity index (χ0n) is 25.6. The lowest BCUT2D eigenvalue weighted by Crippen LogP contribution is -2.39. The van der Waals surface area contributed by atoms with E-state index in [2.05, 4.69) is 40.8 Å². The number of benzene rings is 1. The van der Waals surface area contributed by atoms with Crippen molar-refractivity contribution >= 4 is 33.3 Å². The van der Waals surface area contributed by atoms with Gasteiger partial charge in [0.2, 0.25) is 15.9 Å². The molecule has 3 atom stereocenters. The third-order valence-electron chi connectivity index (χ3n) is 7.01. The smallest absolute Gasteiger partial charge is 0.233 e. The Labute approximate surface area is 251 Å². The molecule has 4 rings (SSSR count). The predicted molar refractivity (Wildman–Crippen MR) is 169 cm³/mol. The topological polar surface area (TPSA) is 115 Å². The number of pyridine rings is 1. The van der Waals surface area contributed by atoms with E-state index in [4.69, 9.17) is 26.5 Å². The van der Waals surface area contributed by atoms with Gasteiger partial charge >= 0.3 is 0 Å². The molecule has 1 aromatic carbocycles. The van der Waals surface area contributed by atoms with E-state index in [1.54, 1.807) is 26.3 Å². The fourth-order valence-electron chi connectivity index (χ4n) is 4.13. The van der Waals surface area contributed by atoms with E-state index in [0.717, 1.165) is 23.5 Å². The Kier molecular flexibility index (Phi) is 13.6. The number of rotatable bonds is 10. The molecule has 0 radical (unpaired) electrons. The van der Waals surface area contributed by atoms with Crippen LogP contribution in [-0.2, 0) is 14.8 Å². The van der Waals surface area contributed by atoms with Gasteiger partial charge in [0.25, 0.3) is 0 Å². The minimum absolute atomic E-state index is 0.117. The number of aromatic nitrogens is 2. The zero-order chi connectivity index (χ0) is 30.7. The molecule has 2 aromatic heterocycles. The van der Waals surface area contributed by atoms with Gasteiger partial charge in [0, 0.05) is 27.2 Å². The van der Waals surface area contributed by atoms with Gasteiger partial charge in [-0.15, -0.1) is 0 Å². The van der Waals surface area contributed by atoms with E-state index in [1.165, 1.54) is 19.0 Å². The van der Waals surface area contributed by atoms with Crippen LogP contribution in [0.2, 0.25) is 5.02 Å². The molecule has 0 bridgehead atoms. The van der Waals surface area contributed by atoms with Gasteiger partial charge in [0.05, 0.1) is 35.7 Å². The summed E-state index contributed by atoms with van der Waals surface area (Å²) in [4.78, 5) is 11.1. The highest BCUT2D eigenvalue weighted by atomic mass is 35.5. The second-order valence-corrected chi connectivity index (χ2v) is 12.6. The van der Waals surface area contributed by atoms with Crippen LogP contribution in [0, 0.1) is 18.8 Å². The van der Waals surface area contributed by atoms with Crippen molar-refractivity contribution in [1.29, 1.82) is 0 Å². The van der Waals surface area contributed by atoms with E-state index in [-0.39, 0.29) is 22.8 Å². The number of hydrogen-bond acceptors (Lipinski definition) is 8. The number of halogens is 1. The second-order valence-electron chi connectivity index (χ2n) is 10.2. The van der Waals surface area contributed by atoms with Gasteiger partial charge in [0.1, 0.15) is 11.6 Å². The van der Waals surface area contributed by atoms with E-state index < -0.39 is 10.0 Å². The summed E-state index contributed by atoms with van der Waals surface area (Å²) in [6, 6.07) is 11.7. The van der Waals surface area contributed by atoms with Crippen LogP contribution < -0.4 is 14.9 Å². The number of ether oxygens (including phenoxy) is 1. The minimum atomic E-state index is -3.60. The second kappa shape index (κ2) is 16.1. The molecule has 0 saturated heterocycles. The Morgan fingerprint density at radius 1 is 1.22 bits per heavy atom. The summed E-state index contributed by atoms with van der Waals surface area (Å²) >= 11 is 6.64. The highest BCUT2D eigenvalue weighted by Gasteiger charge is 2.30. The minimum Gasteiger partial charge on any atom is -0.439 e. The van der Waals surface area contributed by atoms with Crippen LogP contribution in [-0.4, -0.2) is 58.5 Å². The molecule has 1 aliphatic carbocycles. The number of anilines is 2. The van der Waals surface area contributed by atoms with Gasteiger partial charge in [0.15, 0.2) is 5.82 Å². The van der Waals surface area contributed by atoms with Crippen LogP contribution >= 0.6 is 11.6 Å². The maximum Gasteiger partial charge on any atom is 0.233 e. The average Bonchev–Trinajstić information content (AvgIpc) is 3.44. The summed E-state index contributed by atoms with van der Waals surface area (Å²) in [6.45, 7) is 12.0. The van der Waals surface area contributed by atoms with Crippen molar-refractivity contribution in [2.24, 2.45) is 17.6 Å². The van der Waals surface area contributed by atoms with E-state index in [9.17, 15) is 8.42 Å². The standard InChI is InChI=1S/C21H32ClN5O4S.C7H8.C2H6/c1-13-6-7-15(13)12-27(8-9-30-4)18-10-16(21-24-11-17(31-21)14(2)23)19(22)20(25-18)26(3)32(5,28)29;1-7-5-3-2-4-6-7;1-2/h10-11,13-15H,6-9,12,23H2,1-5H3;2-6H,1H3;1-2H3. The van der Waals surface area contributed by atoms with Crippen molar-refractivity contribution in [3.63, 3.8) is 0 Å². The Bertz CT molecular complexity index is 1320. The van der Waals surface area contributed by atoms with Gasteiger partial charge < -0.3 is 19.8 Å². The van der Waals surface area contributed by atoms with Crippen molar-refractivity contribution in [3.05, 3.63) is 58.9 Å². The number of oxazole rings is 1. The molecule has 228 valence electrons. The van der Waals surface area contributed by atoms with E-state index in [0.29, 0.717) is 42.1 Å². The molecule has 1 aliphatic rings. The molecular weight excluding hydrogens is 562 g/mol. The fraction of sp³-hybridized carbons (Fsp3) is 0.533. The summed E-state index contributed by atoms with van der Waals surface area (Å²) in [5.74, 6) is 2.64. The van der Waals surface area contributed by atoms with Crippen molar-refractivity contribution in [1.82, 2.24) is 9.97 Å². The molecule has 0 spiro atoms. The highest BCUT2D eigenvalue weighted by Crippen LogP contribution is 2.40. The molecular formula is C30H46ClN5O4S. The lowest BCUT2D eigenvalue weighted by molar-refractivity contribution is 0.183. The predicted octanol–water partition coefficient (Wildman–Crippen LogP) is 6.33. The number of nitrogens with two attached hydrogens (primary N) is 1. The van der Waals surface area contributed by atoms with Crippen molar-refractivity contribution in [3.8, 4) is 11.5 Å². The first-order chi connectivity index (χ1) is 19.4. The van der Waals surface area contributed by atoms with Gasteiger partial charge in [-0.25, -0.2) is 18.4 Å². The Hall–Kier alpha value is -2.66. The van der Waals surface area contributed by atoms with Crippen LogP contribution in [0.15, 0.2) is 47.0 Å². The SMILES string of the molecule is CC.COCCN(CC1CCC1C)c1cc(-c2ncc(C(C)N)o2)c(Cl)c(N(C)S(C)(=O)=O)n1.Cc1ccccc1. The van der Waals surface area contributed by atoms with Gasteiger partial charge in [-0.05, 0) is 38.2 Å².